The smallest absolute Gasteiger partial charge is 0.257 e. The van der Waals surface area contributed by atoms with Crippen LogP contribution in [0.1, 0.15) is 72.6 Å². The molecule has 26 heteroatoms. The van der Waals surface area contributed by atoms with Crippen LogP contribution < -0.4 is 58.6 Å². The lowest BCUT2D eigenvalue weighted by Crippen LogP contribution is -2.16. The lowest BCUT2D eigenvalue weighted by Gasteiger charge is -2.09. The molecule has 1 saturated heterocycles. The van der Waals surface area contributed by atoms with Gasteiger partial charge in [0.05, 0.1) is 87.4 Å². The first-order valence-corrected chi connectivity index (χ1v) is 30.4. The Morgan fingerprint density at radius 1 is 0.367 bits per heavy atom. The van der Waals surface area contributed by atoms with E-state index in [9.17, 15) is 14.4 Å². The van der Waals surface area contributed by atoms with E-state index in [1.807, 2.05) is 59.7 Å². The third kappa shape index (κ3) is 20.3. The molecule has 23 nitrogen and oxygen atoms in total. The van der Waals surface area contributed by atoms with Gasteiger partial charge in [-0.25, -0.2) is 0 Å². The number of carbonyl (C=O) groups is 3. The van der Waals surface area contributed by atoms with Gasteiger partial charge in [0.15, 0.2) is 52.0 Å². The van der Waals surface area contributed by atoms with E-state index in [2.05, 4.69) is 44.0 Å². The van der Waals surface area contributed by atoms with E-state index in [4.69, 9.17) is 52.1 Å². The van der Waals surface area contributed by atoms with E-state index < -0.39 is 0 Å². The number of ether oxygens (including phenoxy) is 11. The monoisotopic (exact) mass is 1290 g/mol. The number of aromatic nitrogens is 6. The molecular formula is C64H71N9O14S3. The fourth-order valence-corrected chi connectivity index (χ4v) is 9.67. The first-order valence-electron chi connectivity index (χ1n) is 28.1. The van der Waals surface area contributed by atoms with Crippen molar-refractivity contribution in [2.75, 3.05) is 85.0 Å². The van der Waals surface area contributed by atoms with Gasteiger partial charge in [-0.1, -0.05) is 0 Å². The standard InChI is InChI=1S/3C20H21N3O4S.C4H8O2/c3*1-12(2)27-15-8-5-13(6-9-15)19(24)22-20-21-18(23-28-20)14-7-10-16(25-3)17(11-14)26-4;1-2-6-4-3-5-1/h3*5-12H,1-4H3,(H,21,22,23,24);1-4H2. The van der Waals surface area contributed by atoms with E-state index in [1.54, 1.807) is 152 Å². The van der Waals surface area contributed by atoms with Crippen LogP contribution in [0.25, 0.3) is 34.2 Å². The Morgan fingerprint density at radius 3 is 0.822 bits per heavy atom. The van der Waals surface area contributed by atoms with E-state index in [0.717, 1.165) is 95.0 Å². The minimum atomic E-state index is -0.258. The summed E-state index contributed by atoms with van der Waals surface area (Å²) in [5, 5.41) is 9.55. The molecule has 9 aromatic rings. The van der Waals surface area contributed by atoms with E-state index in [1.165, 1.54) is 0 Å². The van der Waals surface area contributed by atoms with E-state index in [0.29, 0.717) is 84.1 Å². The third-order valence-corrected chi connectivity index (χ3v) is 14.0. The lowest BCUT2D eigenvalue weighted by atomic mass is 10.2. The molecule has 0 bridgehead atoms. The molecule has 3 amide bonds. The fraction of sp³-hybridized carbons (Fsp3) is 0.297. The van der Waals surface area contributed by atoms with E-state index in [-0.39, 0.29) is 36.0 Å². The Morgan fingerprint density at radius 2 is 0.611 bits per heavy atom. The molecule has 1 fully saturated rings. The summed E-state index contributed by atoms with van der Waals surface area (Å²) in [5.74, 6) is 6.53. The van der Waals surface area contributed by atoms with Gasteiger partial charge in [-0.05, 0) is 169 Å². The predicted molar refractivity (Wildman–Crippen MR) is 347 cm³/mol. The van der Waals surface area contributed by atoms with Crippen LogP contribution in [0.5, 0.6) is 51.7 Å². The topological polar surface area (TPSA) is 266 Å². The maximum Gasteiger partial charge on any atom is 0.257 e. The number of benzene rings is 6. The van der Waals surface area contributed by atoms with Gasteiger partial charge in [0, 0.05) is 68.0 Å². The lowest BCUT2D eigenvalue weighted by molar-refractivity contribution is -0.0334. The molecule has 3 N–H and O–H groups in total. The summed E-state index contributed by atoms with van der Waals surface area (Å²) in [6.45, 7) is 14.8. The van der Waals surface area contributed by atoms with Crippen molar-refractivity contribution in [1.29, 1.82) is 0 Å². The fourth-order valence-electron chi connectivity index (χ4n) is 7.92. The van der Waals surface area contributed by atoms with E-state index >= 15 is 0 Å². The van der Waals surface area contributed by atoms with Gasteiger partial charge in [-0.2, -0.15) is 28.1 Å². The highest BCUT2D eigenvalue weighted by Gasteiger charge is 2.18. The van der Waals surface area contributed by atoms with Crippen molar-refractivity contribution >= 4 is 67.7 Å². The number of hydrogen-bond acceptors (Lipinski definition) is 23. The molecule has 0 aliphatic carbocycles. The van der Waals surface area contributed by atoms with Crippen LogP contribution in [-0.2, 0) is 9.47 Å². The van der Waals surface area contributed by atoms with Crippen molar-refractivity contribution in [3.05, 3.63) is 144 Å². The Hall–Kier alpha value is -9.47. The van der Waals surface area contributed by atoms with Crippen molar-refractivity contribution in [3.63, 3.8) is 0 Å². The molecule has 0 radical (unpaired) electrons. The second-order valence-corrected chi connectivity index (χ2v) is 21.9. The second kappa shape index (κ2) is 34.3. The number of anilines is 3. The minimum Gasteiger partial charge on any atom is -0.493 e. The van der Waals surface area contributed by atoms with Crippen LogP contribution in [0.4, 0.5) is 15.4 Å². The molecule has 1 aliphatic heterocycles. The Balaban J connectivity index is 0.000000183. The molecule has 0 unspecified atom stereocenters. The van der Waals surface area contributed by atoms with Crippen molar-refractivity contribution in [2.45, 2.75) is 59.9 Å². The molecule has 474 valence electrons. The Labute approximate surface area is 534 Å². The average molecular weight is 1290 g/mol. The number of nitrogens with one attached hydrogen (secondary N) is 3. The second-order valence-electron chi connectivity index (χ2n) is 19.6. The van der Waals surface area contributed by atoms with Gasteiger partial charge >= 0.3 is 0 Å². The molecule has 3 aromatic heterocycles. The summed E-state index contributed by atoms with van der Waals surface area (Å²) < 4.78 is 71.2. The maximum absolute atomic E-state index is 12.4. The Bertz CT molecular complexity index is 3340. The van der Waals surface area contributed by atoms with Gasteiger partial charge in [0.2, 0.25) is 15.4 Å². The van der Waals surface area contributed by atoms with Crippen LogP contribution in [0.15, 0.2) is 127 Å². The number of nitrogens with zero attached hydrogens (tertiary/aromatic N) is 6. The first-order chi connectivity index (χ1) is 43.5. The zero-order chi connectivity index (χ0) is 64.5. The molecule has 6 aromatic carbocycles. The molecule has 1 aliphatic rings. The summed E-state index contributed by atoms with van der Waals surface area (Å²) in [4.78, 5) is 50.4. The molecule has 0 atom stereocenters. The van der Waals surface area contributed by atoms with Crippen molar-refractivity contribution in [2.24, 2.45) is 0 Å². The van der Waals surface area contributed by atoms with Gasteiger partial charge in [0.25, 0.3) is 17.7 Å². The van der Waals surface area contributed by atoms with Crippen LogP contribution in [0.3, 0.4) is 0 Å². The number of methoxy groups -OCH3 is 6. The van der Waals surface area contributed by atoms with Gasteiger partial charge in [-0.15, -0.1) is 0 Å². The number of carbonyl (C=O) groups excluding carboxylic acids is 3. The number of amides is 3. The number of hydrogen-bond donors (Lipinski definition) is 3. The van der Waals surface area contributed by atoms with Crippen molar-refractivity contribution in [1.82, 2.24) is 28.1 Å². The van der Waals surface area contributed by atoms with Crippen LogP contribution >= 0.6 is 34.6 Å². The SMILES string of the molecule is C1COCCO1.COc1ccc(-c2nsc(NC(=O)c3ccc(OC(C)C)cc3)n2)cc1OC.COc1ccc(-c2nsc(NC(=O)c3ccc(OC(C)C)cc3)n2)cc1OC.COc1ccc(-c2nsc(NC(=O)c3ccc(OC(C)C)cc3)n2)cc1OC. The summed E-state index contributed by atoms with van der Waals surface area (Å²) in [6.07, 6.45) is 0.239. The predicted octanol–water partition coefficient (Wildman–Crippen LogP) is 12.8. The van der Waals surface area contributed by atoms with Crippen LogP contribution in [0, 0.1) is 0 Å². The molecule has 4 heterocycles. The largest absolute Gasteiger partial charge is 0.493 e. The minimum absolute atomic E-state index is 0.0797. The molecule has 90 heavy (non-hydrogen) atoms. The van der Waals surface area contributed by atoms with Gasteiger partial charge in [0.1, 0.15) is 17.2 Å². The third-order valence-electron chi connectivity index (χ3n) is 12.1. The average Bonchev–Trinajstić information content (AvgIpc) is 3.17. The highest BCUT2D eigenvalue weighted by molar-refractivity contribution is 7.10. The normalized spacial score (nSPS) is 11.5. The number of rotatable bonds is 21. The van der Waals surface area contributed by atoms with Crippen LogP contribution in [-0.4, -0.2) is 133 Å². The highest BCUT2D eigenvalue weighted by Crippen LogP contribution is 2.35. The first kappa shape index (κ1) is 68.0. The van der Waals surface area contributed by atoms with Gasteiger partial charge < -0.3 is 52.1 Å². The highest BCUT2D eigenvalue weighted by atomic mass is 32.1. The molecule has 10 rings (SSSR count). The molecular weight excluding hydrogens is 1210 g/mol. The Kier molecular flexibility index (Phi) is 25.9. The zero-order valence-corrected chi connectivity index (χ0v) is 54.3. The van der Waals surface area contributed by atoms with Gasteiger partial charge in [-0.3, -0.25) is 30.3 Å². The summed E-state index contributed by atoms with van der Waals surface area (Å²) >= 11 is 3.34. The van der Waals surface area contributed by atoms with Crippen LogP contribution in [0.2, 0.25) is 0 Å². The quantitative estimate of drug-likeness (QED) is 0.0603. The summed E-state index contributed by atoms with van der Waals surface area (Å²) in [7, 11) is 9.44. The maximum atomic E-state index is 12.4. The van der Waals surface area contributed by atoms with Crippen molar-refractivity contribution in [3.8, 4) is 85.9 Å². The molecule has 0 spiro atoms. The molecule has 0 saturated carbocycles. The summed E-state index contributed by atoms with van der Waals surface area (Å²) in [5.41, 5.74) is 3.84. The van der Waals surface area contributed by atoms with Crippen molar-refractivity contribution < 1.29 is 66.5 Å². The zero-order valence-electron chi connectivity index (χ0n) is 51.8. The summed E-state index contributed by atoms with van der Waals surface area (Å²) in [6, 6.07) is 37.1.